The number of hydrogen-bond acceptors (Lipinski definition) is 3. The summed E-state index contributed by atoms with van der Waals surface area (Å²) in [4.78, 5) is 5.39. The average Bonchev–Trinajstić information content (AvgIpc) is 3.09. The lowest BCUT2D eigenvalue weighted by Crippen LogP contribution is -2.36. The van der Waals surface area contributed by atoms with Gasteiger partial charge in [0.15, 0.2) is 0 Å². The van der Waals surface area contributed by atoms with Crippen molar-refractivity contribution in [2.45, 2.75) is 32.0 Å². The van der Waals surface area contributed by atoms with Crippen molar-refractivity contribution in [1.82, 2.24) is 4.98 Å². The lowest BCUT2D eigenvalue weighted by molar-refractivity contribution is -0.120. The van der Waals surface area contributed by atoms with Gasteiger partial charge < -0.3 is 10.2 Å². The molecular weight excluding hydrogens is 243 g/mol. The molecule has 0 radical (unpaired) electrons. The van der Waals surface area contributed by atoms with E-state index in [1.807, 2.05) is 6.92 Å². The molecule has 0 saturated heterocycles. The minimum Gasteiger partial charge on any atom is -0.384 e. The van der Waals surface area contributed by atoms with Crippen LogP contribution in [0.1, 0.15) is 19.8 Å². The minimum atomic E-state index is -4.18. The Morgan fingerprint density at radius 1 is 1.39 bits per heavy atom. The lowest BCUT2D eigenvalue weighted by Gasteiger charge is -2.25. The highest BCUT2D eigenvalue weighted by molar-refractivity contribution is 5.56. The third-order valence-corrected chi connectivity index (χ3v) is 2.77. The van der Waals surface area contributed by atoms with Gasteiger partial charge in [-0.1, -0.05) is 0 Å². The second kappa shape index (κ2) is 5.04. The third-order valence-electron chi connectivity index (χ3n) is 2.77. The highest BCUT2D eigenvalue weighted by atomic mass is 19.4. The summed E-state index contributed by atoms with van der Waals surface area (Å²) in [6.07, 6.45) is 0.566. The first-order valence-corrected chi connectivity index (χ1v) is 6.02. The lowest BCUT2D eigenvalue weighted by atomic mass is 10.3. The van der Waals surface area contributed by atoms with Crippen LogP contribution < -0.4 is 10.2 Å². The zero-order valence-electron chi connectivity index (χ0n) is 10.2. The zero-order chi connectivity index (χ0) is 13.2. The van der Waals surface area contributed by atoms with E-state index < -0.39 is 12.7 Å². The molecule has 1 aromatic heterocycles. The molecule has 0 atom stereocenters. The fourth-order valence-corrected chi connectivity index (χ4v) is 1.90. The van der Waals surface area contributed by atoms with E-state index in [9.17, 15) is 13.2 Å². The first kappa shape index (κ1) is 13.0. The van der Waals surface area contributed by atoms with E-state index in [0.29, 0.717) is 12.2 Å². The van der Waals surface area contributed by atoms with Gasteiger partial charge in [-0.3, -0.25) is 4.98 Å². The van der Waals surface area contributed by atoms with Crippen molar-refractivity contribution in [1.29, 1.82) is 0 Å². The fourth-order valence-electron chi connectivity index (χ4n) is 1.90. The number of aromatic nitrogens is 1. The van der Waals surface area contributed by atoms with Crippen LogP contribution in [0, 0.1) is 0 Å². The Labute approximate surface area is 104 Å². The molecule has 3 nitrogen and oxygen atoms in total. The molecule has 18 heavy (non-hydrogen) atoms. The van der Waals surface area contributed by atoms with Crippen molar-refractivity contribution < 1.29 is 13.2 Å². The summed E-state index contributed by atoms with van der Waals surface area (Å²) in [6, 6.07) is 1.73. The summed E-state index contributed by atoms with van der Waals surface area (Å²) < 4.78 is 37.7. The average molecular weight is 259 g/mol. The van der Waals surface area contributed by atoms with Crippen molar-refractivity contribution in [3.8, 4) is 0 Å². The van der Waals surface area contributed by atoms with Gasteiger partial charge in [-0.05, 0) is 25.8 Å². The summed E-state index contributed by atoms with van der Waals surface area (Å²) in [5.41, 5.74) is 1.29. The maximum Gasteiger partial charge on any atom is 0.405 e. The van der Waals surface area contributed by atoms with Crippen molar-refractivity contribution in [3.05, 3.63) is 18.5 Å². The number of anilines is 2. The molecule has 0 bridgehead atoms. The van der Waals surface area contributed by atoms with Gasteiger partial charge in [-0.2, -0.15) is 13.2 Å². The fraction of sp³-hybridized carbons (Fsp3) is 0.583. The van der Waals surface area contributed by atoms with Gasteiger partial charge in [0.1, 0.15) is 6.54 Å². The van der Waals surface area contributed by atoms with Crippen molar-refractivity contribution in [3.63, 3.8) is 0 Å². The molecule has 0 spiro atoms. The van der Waals surface area contributed by atoms with Crippen LogP contribution in [0.25, 0.3) is 0 Å². The van der Waals surface area contributed by atoms with Crippen LogP contribution in [0.2, 0.25) is 0 Å². The Morgan fingerprint density at radius 3 is 2.67 bits per heavy atom. The Morgan fingerprint density at radius 2 is 2.11 bits per heavy atom. The third kappa shape index (κ3) is 3.51. The zero-order valence-corrected chi connectivity index (χ0v) is 10.2. The quantitative estimate of drug-likeness (QED) is 0.881. The molecule has 0 amide bonds. The van der Waals surface area contributed by atoms with Gasteiger partial charge in [-0.15, -0.1) is 0 Å². The summed E-state index contributed by atoms with van der Waals surface area (Å²) in [7, 11) is 0. The molecule has 1 aromatic rings. The number of alkyl halides is 3. The van der Waals surface area contributed by atoms with E-state index in [4.69, 9.17) is 0 Å². The standard InChI is InChI=1S/C12H16F3N3/c1-2-17-9-5-11(7-16-6-9)18(10-3-4-10)8-12(13,14)15/h5-7,10,17H,2-4,8H2,1H3. The predicted octanol–water partition coefficient (Wildman–Crippen LogP) is 3.04. The first-order valence-electron chi connectivity index (χ1n) is 6.02. The first-order chi connectivity index (χ1) is 8.49. The van der Waals surface area contributed by atoms with E-state index >= 15 is 0 Å². The summed E-state index contributed by atoms with van der Waals surface area (Å²) >= 11 is 0. The summed E-state index contributed by atoms with van der Waals surface area (Å²) in [5.74, 6) is 0. The summed E-state index contributed by atoms with van der Waals surface area (Å²) in [5, 5.41) is 3.05. The molecule has 1 aliphatic carbocycles. The van der Waals surface area contributed by atoms with Gasteiger partial charge in [0.25, 0.3) is 0 Å². The van der Waals surface area contributed by atoms with Gasteiger partial charge in [0, 0.05) is 12.6 Å². The molecule has 100 valence electrons. The molecular formula is C12H16F3N3. The van der Waals surface area contributed by atoms with Crippen LogP contribution in [-0.4, -0.2) is 30.3 Å². The number of halogens is 3. The molecule has 1 aliphatic rings. The Balaban J connectivity index is 2.17. The van der Waals surface area contributed by atoms with Gasteiger partial charge in [0.2, 0.25) is 0 Å². The highest BCUT2D eigenvalue weighted by Crippen LogP contribution is 2.34. The number of nitrogens with zero attached hydrogens (tertiary/aromatic N) is 2. The highest BCUT2D eigenvalue weighted by Gasteiger charge is 2.38. The molecule has 1 N–H and O–H groups in total. The van der Waals surface area contributed by atoms with Crippen molar-refractivity contribution in [2.24, 2.45) is 0 Å². The Bertz CT molecular complexity index is 402. The molecule has 1 heterocycles. The minimum absolute atomic E-state index is 0.00491. The second-order valence-electron chi connectivity index (χ2n) is 4.44. The Kier molecular flexibility index (Phi) is 3.63. The van der Waals surface area contributed by atoms with Crippen LogP contribution in [0.15, 0.2) is 18.5 Å². The predicted molar refractivity (Wildman–Crippen MR) is 64.8 cm³/mol. The van der Waals surface area contributed by atoms with E-state index in [1.165, 1.54) is 11.1 Å². The number of nitrogens with one attached hydrogen (secondary N) is 1. The largest absolute Gasteiger partial charge is 0.405 e. The maximum atomic E-state index is 12.6. The maximum absolute atomic E-state index is 12.6. The SMILES string of the molecule is CCNc1cncc(N(CC(F)(F)F)C2CC2)c1. The molecule has 0 aliphatic heterocycles. The summed E-state index contributed by atoms with van der Waals surface area (Å²) in [6.45, 7) is 1.74. The van der Waals surface area contributed by atoms with Crippen LogP contribution in [0.3, 0.4) is 0 Å². The molecule has 1 saturated carbocycles. The second-order valence-corrected chi connectivity index (χ2v) is 4.44. The monoisotopic (exact) mass is 259 g/mol. The normalized spacial score (nSPS) is 15.6. The molecule has 1 fully saturated rings. The van der Waals surface area contributed by atoms with Crippen LogP contribution >= 0.6 is 0 Å². The van der Waals surface area contributed by atoms with Gasteiger partial charge in [-0.25, -0.2) is 0 Å². The van der Waals surface area contributed by atoms with Crippen LogP contribution in [0.5, 0.6) is 0 Å². The molecule has 2 rings (SSSR count). The number of rotatable bonds is 5. The molecule has 6 heteroatoms. The van der Waals surface area contributed by atoms with E-state index in [2.05, 4.69) is 10.3 Å². The van der Waals surface area contributed by atoms with E-state index in [1.54, 1.807) is 12.3 Å². The van der Waals surface area contributed by atoms with Gasteiger partial charge in [0.05, 0.1) is 23.8 Å². The number of hydrogen-bond donors (Lipinski definition) is 1. The molecule has 0 unspecified atom stereocenters. The number of pyridine rings is 1. The Hall–Kier alpha value is -1.46. The van der Waals surface area contributed by atoms with E-state index in [0.717, 1.165) is 18.5 Å². The van der Waals surface area contributed by atoms with Gasteiger partial charge >= 0.3 is 6.18 Å². The smallest absolute Gasteiger partial charge is 0.384 e. The van der Waals surface area contributed by atoms with E-state index in [-0.39, 0.29) is 6.04 Å². The molecule has 0 aromatic carbocycles. The van der Waals surface area contributed by atoms with Crippen LogP contribution in [0.4, 0.5) is 24.5 Å². The van der Waals surface area contributed by atoms with Crippen molar-refractivity contribution in [2.75, 3.05) is 23.3 Å². The topological polar surface area (TPSA) is 28.2 Å². The van der Waals surface area contributed by atoms with Crippen molar-refractivity contribution >= 4 is 11.4 Å². The van der Waals surface area contributed by atoms with Crippen LogP contribution in [-0.2, 0) is 0 Å².